The summed E-state index contributed by atoms with van der Waals surface area (Å²) in [6.45, 7) is 4.12. The summed E-state index contributed by atoms with van der Waals surface area (Å²) in [4.78, 5) is 14.1. The van der Waals surface area contributed by atoms with Gasteiger partial charge in [0.05, 0.1) is 0 Å². The van der Waals surface area contributed by atoms with Gasteiger partial charge in [-0.1, -0.05) is 0 Å². The number of aromatic amines is 1. The van der Waals surface area contributed by atoms with E-state index in [2.05, 4.69) is 15.6 Å². The molecule has 0 fully saturated rings. The molecule has 0 aliphatic carbocycles. The first-order valence-corrected chi connectivity index (χ1v) is 4.92. The molecular formula is C10H17N3O. The number of aromatic nitrogens is 1. The number of carbonyl (C=O) groups is 1. The lowest BCUT2D eigenvalue weighted by Gasteiger charge is -2.03. The van der Waals surface area contributed by atoms with E-state index in [4.69, 9.17) is 0 Å². The summed E-state index contributed by atoms with van der Waals surface area (Å²) in [5, 5.41) is 5.94. The van der Waals surface area contributed by atoms with E-state index >= 15 is 0 Å². The molecule has 0 aliphatic heterocycles. The van der Waals surface area contributed by atoms with Crippen LogP contribution in [0.15, 0.2) is 18.3 Å². The molecule has 1 amide bonds. The summed E-state index contributed by atoms with van der Waals surface area (Å²) >= 11 is 0. The van der Waals surface area contributed by atoms with E-state index < -0.39 is 0 Å². The molecule has 0 aromatic carbocycles. The SMILES string of the molecule is CCNC(=O)CCNCc1ccc[nH]1. The molecule has 3 N–H and O–H groups in total. The van der Waals surface area contributed by atoms with Crippen molar-refractivity contribution in [2.24, 2.45) is 0 Å². The molecule has 14 heavy (non-hydrogen) atoms. The Bertz CT molecular complexity index is 256. The fraction of sp³-hybridized carbons (Fsp3) is 0.500. The maximum atomic E-state index is 11.0. The number of rotatable bonds is 6. The monoisotopic (exact) mass is 195 g/mol. The quantitative estimate of drug-likeness (QED) is 0.583. The first kappa shape index (κ1) is 10.8. The number of amides is 1. The predicted octanol–water partition coefficient (Wildman–Crippen LogP) is 0.630. The first-order chi connectivity index (χ1) is 6.83. The van der Waals surface area contributed by atoms with Gasteiger partial charge in [-0.25, -0.2) is 0 Å². The number of carbonyl (C=O) groups excluding carboxylic acids is 1. The van der Waals surface area contributed by atoms with Crippen LogP contribution in [0.25, 0.3) is 0 Å². The van der Waals surface area contributed by atoms with Crippen molar-refractivity contribution in [2.45, 2.75) is 19.9 Å². The van der Waals surface area contributed by atoms with Gasteiger partial charge in [-0.2, -0.15) is 0 Å². The second-order valence-corrected chi connectivity index (χ2v) is 3.08. The van der Waals surface area contributed by atoms with E-state index in [0.29, 0.717) is 19.5 Å². The Kier molecular flexibility index (Phi) is 4.78. The molecule has 0 bridgehead atoms. The number of hydrogen-bond donors (Lipinski definition) is 3. The van der Waals surface area contributed by atoms with Crippen molar-refractivity contribution in [3.05, 3.63) is 24.0 Å². The van der Waals surface area contributed by atoms with E-state index in [9.17, 15) is 4.79 Å². The van der Waals surface area contributed by atoms with Crippen LogP contribution >= 0.6 is 0 Å². The lowest BCUT2D eigenvalue weighted by atomic mass is 10.3. The Morgan fingerprint density at radius 3 is 3.07 bits per heavy atom. The molecule has 1 heterocycles. The van der Waals surface area contributed by atoms with Crippen LogP contribution in [0, 0.1) is 0 Å². The van der Waals surface area contributed by atoms with E-state index in [-0.39, 0.29) is 5.91 Å². The third-order valence-electron chi connectivity index (χ3n) is 1.88. The average molecular weight is 195 g/mol. The second-order valence-electron chi connectivity index (χ2n) is 3.08. The van der Waals surface area contributed by atoms with Crippen molar-refractivity contribution in [3.8, 4) is 0 Å². The molecule has 0 radical (unpaired) electrons. The Morgan fingerprint density at radius 1 is 1.57 bits per heavy atom. The Labute approximate surface area is 84.1 Å². The van der Waals surface area contributed by atoms with Crippen LogP contribution in [0.1, 0.15) is 19.0 Å². The fourth-order valence-corrected chi connectivity index (χ4v) is 1.19. The molecule has 0 spiro atoms. The molecule has 4 heteroatoms. The lowest BCUT2D eigenvalue weighted by Crippen LogP contribution is -2.27. The van der Waals surface area contributed by atoms with Crippen molar-refractivity contribution in [2.75, 3.05) is 13.1 Å². The lowest BCUT2D eigenvalue weighted by molar-refractivity contribution is -0.120. The molecule has 0 atom stereocenters. The molecule has 1 aromatic heterocycles. The smallest absolute Gasteiger partial charge is 0.221 e. The van der Waals surface area contributed by atoms with Crippen LogP contribution in [-0.4, -0.2) is 24.0 Å². The minimum absolute atomic E-state index is 0.103. The first-order valence-electron chi connectivity index (χ1n) is 4.92. The maximum Gasteiger partial charge on any atom is 0.221 e. The second kappa shape index (κ2) is 6.21. The Balaban J connectivity index is 2.02. The largest absolute Gasteiger partial charge is 0.364 e. The van der Waals surface area contributed by atoms with Gasteiger partial charge >= 0.3 is 0 Å². The highest BCUT2D eigenvalue weighted by Gasteiger charge is 1.98. The normalized spacial score (nSPS) is 10.1. The molecular weight excluding hydrogens is 178 g/mol. The third kappa shape index (κ3) is 4.09. The van der Waals surface area contributed by atoms with E-state index in [0.717, 1.165) is 12.2 Å². The van der Waals surface area contributed by atoms with Gasteiger partial charge in [0, 0.05) is 37.9 Å². The van der Waals surface area contributed by atoms with Crippen molar-refractivity contribution < 1.29 is 4.79 Å². The van der Waals surface area contributed by atoms with Crippen LogP contribution in [0.5, 0.6) is 0 Å². The van der Waals surface area contributed by atoms with Crippen LogP contribution in [-0.2, 0) is 11.3 Å². The highest BCUT2D eigenvalue weighted by molar-refractivity contribution is 5.75. The summed E-state index contributed by atoms with van der Waals surface area (Å²) < 4.78 is 0. The topological polar surface area (TPSA) is 56.9 Å². The maximum absolute atomic E-state index is 11.0. The molecule has 1 aromatic rings. The molecule has 0 saturated carbocycles. The summed E-state index contributed by atoms with van der Waals surface area (Å²) in [7, 11) is 0. The predicted molar refractivity (Wildman–Crippen MR) is 55.8 cm³/mol. The Morgan fingerprint density at radius 2 is 2.43 bits per heavy atom. The van der Waals surface area contributed by atoms with Gasteiger partial charge in [-0.15, -0.1) is 0 Å². The highest BCUT2D eigenvalue weighted by atomic mass is 16.1. The minimum atomic E-state index is 0.103. The number of hydrogen-bond acceptors (Lipinski definition) is 2. The van der Waals surface area contributed by atoms with Crippen molar-refractivity contribution in [3.63, 3.8) is 0 Å². The van der Waals surface area contributed by atoms with Gasteiger partial charge in [0.15, 0.2) is 0 Å². The highest BCUT2D eigenvalue weighted by Crippen LogP contribution is 1.92. The van der Waals surface area contributed by atoms with Gasteiger partial charge < -0.3 is 15.6 Å². The standard InChI is InChI=1S/C10H17N3O/c1-2-12-10(14)5-7-11-8-9-4-3-6-13-9/h3-4,6,11,13H,2,5,7-8H2,1H3,(H,12,14). The summed E-state index contributed by atoms with van der Waals surface area (Å²) in [5.74, 6) is 0.103. The van der Waals surface area contributed by atoms with Crippen molar-refractivity contribution in [1.82, 2.24) is 15.6 Å². The van der Waals surface area contributed by atoms with Crippen LogP contribution in [0.3, 0.4) is 0 Å². The Hall–Kier alpha value is -1.29. The van der Waals surface area contributed by atoms with E-state index in [1.165, 1.54) is 0 Å². The molecule has 78 valence electrons. The zero-order valence-electron chi connectivity index (χ0n) is 8.47. The van der Waals surface area contributed by atoms with Gasteiger partial charge in [0.2, 0.25) is 5.91 Å². The van der Waals surface area contributed by atoms with Crippen LogP contribution in [0.4, 0.5) is 0 Å². The van der Waals surface area contributed by atoms with Crippen molar-refractivity contribution in [1.29, 1.82) is 0 Å². The van der Waals surface area contributed by atoms with Crippen molar-refractivity contribution >= 4 is 5.91 Å². The zero-order chi connectivity index (χ0) is 10.2. The molecule has 0 saturated heterocycles. The van der Waals surface area contributed by atoms with Gasteiger partial charge in [-0.05, 0) is 19.1 Å². The zero-order valence-corrected chi connectivity index (χ0v) is 8.47. The van der Waals surface area contributed by atoms with Gasteiger partial charge in [0.1, 0.15) is 0 Å². The molecule has 0 unspecified atom stereocenters. The summed E-state index contributed by atoms with van der Waals surface area (Å²) in [6.07, 6.45) is 2.43. The molecule has 0 aliphatic rings. The van der Waals surface area contributed by atoms with Crippen LogP contribution in [0.2, 0.25) is 0 Å². The fourth-order valence-electron chi connectivity index (χ4n) is 1.19. The molecule has 4 nitrogen and oxygen atoms in total. The summed E-state index contributed by atoms with van der Waals surface area (Å²) in [5.41, 5.74) is 1.14. The third-order valence-corrected chi connectivity index (χ3v) is 1.88. The van der Waals surface area contributed by atoms with E-state index in [1.54, 1.807) is 0 Å². The molecule has 1 rings (SSSR count). The number of H-pyrrole nitrogens is 1. The average Bonchev–Trinajstić information content (AvgIpc) is 2.65. The van der Waals surface area contributed by atoms with Gasteiger partial charge in [0.25, 0.3) is 0 Å². The number of nitrogens with one attached hydrogen (secondary N) is 3. The van der Waals surface area contributed by atoms with E-state index in [1.807, 2.05) is 25.3 Å². The summed E-state index contributed by atoms with van der Waals surface area (Å²) in [6, 6.07) is 3.97. The minimum Gasteiger partial charge on any atom is -0.364 e. The van der Waals surface area contributed by atoms with Crippen LogP contribution < -0.4 is 10.6 Å². The van der Waals surface area contributed by atoms with Gasteiger partial charge in [-0.3, -0.25) is 4.79 Å².